The zero-order chi connectivity index (χ0) is 14.5. The number of nitrogens with two attached hydrogens (primary N) is 1. The van der Waals surface area contributed by atoms with Crippen molar-refractivity contribution in [2.75, 3.05) is 11.9 Å². The molecule has 0 bridgehead atoms. The Kier molecular flexibility index (Phi) is 5.36. The number of amides is 1. The molecule has 0 saturated carbocycles. The normalized spacial score (nSPS) is 14.0. The third-order valence-corrected chi connectivity index (χ3v) is 3.26. The quantitative estimate of drug-likeness (QED) is 0.830. The number of nitrogens with one attached hydrogen (secondary N) is 1. The van der Waals surface area contributed by atoms with E-state index in [1.807, 2.05) is 52.0 Å². The molecule has 0 fully saturated rings. The van der Waals surface area contributed by atoms with Crippen molar-refractivity contribution in [3.05, 3.63) is 24.3 Å². The maximum Gasteiger partial charge on any atom is 0.231 e. The standard InChI is InChI=1S/C15H24N2O2/c1-5-15(4,10-16)14(18)17-12-6-8-13(9-7-12)19-11(2)3/h6-9,11H,5,10,16H2,1-4H3,(H,17,18). The van der Waals surface area contributed by atoms with Crippen LogP contribution in [0.4, 0.5) is 5.69 Å². The first-order valence-electron chi connectivity index (χ1n) is 6.69. The predicted octanol–water partition coefficient (Wildman–Crippen LogP) is 2.79. The van der Waals surface area contributed by atoms with Gasteiger partial charge in [0.05, 0.1) is 11.5 Å². The lowest BCUT2D eigenvalue weighted by atomic mass is 9.86. The average molecular weight is 264 g/mol. The van der Waals surface area contributed by atoms with Crippen LogP contribution in [0.2, 0.25) is 0 Å². The summed E-state index contributed by atoms with van der Waals surface area (Å²) in [6.45, 7) is 8.13. The van der Waals surface area contributed by atoms with Gasteiger partial charge >= 0.3 is 0 Å². The predicted molar refractivity (Wildman–Crippen MR) is 78.3 cm³/mol. The Labute approximate surface area is 115 Å². The molecule has 0 spiro atoms. The van der Waals surface area contributed by atoms with E-state index in [0.29, 0.717) is 13.0 Å². The molecule has 1 amide bonds. The van der Waals surface area contributed by atoms with Gasteiger partial charge in [-0.25, -0.2) is 0 Å². The molecule has 0 saturated heterocycles. The molecule has 1 aromatic rings. The molecule has 3 N–H and O–H groups in total. The first-order valence-corrected chi connectivity index (χ1v) is 6.69. The van der Waals surface area contributed by atoms with Gasteiger partial charge in [-0.1, -0.05) is 6.92 Å². The number of anilines is 1. The lowest BCUT2D eigenvalue weighted by Crippen LogP contribution is -2.39. The fraction of sp³-hybridized carbons (Fsp3) is 0.533. The van der Waals surface area contributed by atoms with Gasteiger partial charge in [0, 0.05) is 12.2 Å². The fourth-order valence-electron chi connectivity index (χ4n) is 1.57. The number of ether oxygens (including phenoxy) is 1. The van der Waals surface area contributed by atoms with E-state index < -0.39 is 5.41 Å². The van der Waals surface area contributed by atoms with Crippen LogP contribution in [0.3, 0.4) is 0 Å². The minimum atomic E-state index is -0.521. The third-order valence-electron chi connectivity index (χ3n) is 3.26. The topological polar surface area (TPSA) is 64.4 Å². The summed E-state index contributed by atoms with van der Waals surface area (Å²) < 4.78 is 5.55. The van der Waals surface area contributed by atoms with Gasteiger partial charge in [0.2, 0.25) is 5.91 Å². The molecular formula is C15H24N2O2. The molecule has 0 aliphatic carbocycles. The van der Waals surface area contributed by atoms with Gasteiger partial charge in [-0.2, -0.15) is 0 Å². The van der Waals surface area contributed by atoms with Crippen molar-refractivity contribution >= 4 is 11.6 Å². The van der Waals surface area contributed by atoms with Crippen LogP contribution < -0.4 is 15.8 Å². The Morgan fingerprint density at radius 1 is 1.37 bits per heavy atom. The van der Waals surface area contributed by atoms with Crippen LogP contribution in [0.25, 0.3) is 0 Å². The molecule has 1 rings (SSSR count). The van der Waals surface area contributed by atoms with E-state index in [4.69, 9.17) is 10.5 Å². The number of rotatable bonds is 6. The molecule has 19 heavy (non-hydrogen) atoms. The Balaban J connectivity index is 2.70. The van der Waals surface area contributed by atoms with E-state index in [1.54, 1.807) is 0 Å². The Morgan fingerprint density at radius 2 is 1.95 bits per heavy atom. The highest BCUT2D eigenvalue weighted by Gasteiger charge is 2.29. The van der Waals surface area contributed by atoms with Gasteiger partial charge in [0.25, 0.3) is 0 Å². The summed E-state index contributed by atoms with van der Waals surface area (Å²) in [4.78, 5) is 12.1. The number of benzene rings is 1. The molecular weight excluding hydrogens is 240 g/mol. The van der Waals surface area contributed by atoms with Crippen LogP contribution >= 0.6 is 0 Å². The van der Waals surface area contributed by atoms with Crippen LogP contribution in [0.1, 0.15) is 34.1 Å². The lowest BCUT2D eigenvalue weighted by Gasteiger charge is -2.25. The van der Waals surface area contributed by atoms with E-state index in [2.05, 4.69) is 5.32 Å². The Morgan fingerprint density at radius 3 is 2.37 bits per heavy atom. The molecule has 0 aliphatic heterocycles. The summed E-state index contributed by atoms with van der Waals surface area (Å²) in [7, 11) is 0. The molecule has 1 unspecified atom stereocenters. The summed E-state index contributed by atoms with van der Waals surface area (Å²) in [5, 5.41) is 2.89. The summed E-state index contributed by atoms with van der Waals surface area (Å²) in [6, 6.07) is 7.37. The molecule has 0 aliphatic rings. The van der Waals surface area contributed by atoms with Crippen molar-refractivity contribution in [3.8, 4) is 5.75 Å². The van der Waals surface area contributed by atoms with Crippen molar-refractivity contribution < 1.29 is 9.53 Å². The Bertz CT molecular complexity index is 409. The second-order valence-corrected chi connectivity index (χ2v) is 5.26. The van der Waals surface area contributed by atoms with Gasteiger partial charge in [0.15, 0.2) is 0 Å². The monoisotopic (exact) mass is 264 g/mol. The van der Waals surface area contributed by atoms with Gasteiger partial charge in [-0.3, -0.25) is 4.79 Å². The minimum Gasteiger partial charge on any atom is -0.491 e. The number of carbonyl (C=O) groups excluding carboxylic acids is 1. The lowest BCUT2D eigenvalue weighted by molar-refractivity contribution is -0.124. The maximum absolute atomic E-state index is 12.1. The molecule has 106 valence electrons. The number of hydrogen-bond donors (Lipinski definition) is 2. The first kappa shape index (κ1) is 15.5. The van der Waals surface area contributed by atoms with E-state index >= 15 is 0 Å². The van der Waals surface area contributed by atoms with Crippen LogP contribution in [0.5, 0.6) is 5.75 Å². The zero-order valence-corrected chi connectivity index (χ0v) is 12.2. The summed E-state index contributed by atoms with van der Waals surface area (Å²) in [5.41, 5.74) is 5.91. The second-order valence-electron chi connectivity index (χ2n) is 5.26. The SMILES string of the molecule is CCC(C)(CN)C(=O)Nc1ccc(OC(C)C)cc1. The largest absolute Gasteiger partial charge is 0.491 e. The van der Waals surface area contributed by atoms with E-state index in [1.165, 1.54) is 0 Å². The van der Waals surface area contributed by atoms with Crippen LogP contribution in [0, 0.1) is 5.41 Å². The van der Waals surface area contributed by atoms with Gasteiger partial charge < -0.3 is 15.8 Å². The highest BCUT2D eigenvalue weighted by molar-refractivity contribution is 5.95. The molecule has 4 nitrogen and oxygen atoms in total. The molecule has 1 atom stereocenters. The van der Waals surface area contributed by atoms with E-state index in [0.717, 1.165) is 11.4 Å². The summed E-state index contributed by atoms with van der Waals surface area (Å²) in [6.07, 6.45) is 0.852. The highest BCUT2D eigenvalue weighted by Crippen LogP contribution is 2.23. The molecule has 1 aromatic carbocycles. The third kappa shape index (κ3) is 4.24. The summed E-state index contributed by atoms with van der Waals surface area (Å²) >= 11 is 0. The van der Waals surface area contributed by atoms with Crippen molar-refractivity contribution in [2.45, 2.75) is 40.2 Å². The Hall–Kier alpha value is -1.55. The van der Waals surface area contributed by atoms with Gasteiger partial charge in [-0.05, 0) is 51.5 Å². The molecule has 0 heterocycles. The number of hydrogen-bond acceptors (Lipinski definition) is 3. The molecule has 4 heteroatoms. The molecule has 0 radical (unpaired) electrons. The number of carbonyl (C=O) groups is 1. The molecule has 0 aromatic heterocycles. The zero-order valence-electron chi connectivity index (χ0n) is 12.2. The summed E-state index contributed by atoms with van der Waals surface area (Å²) in [5.74, 6) is 0.750. The van der Waals surface area contributed by atoms with Crippen LogP contribution in [-0.2, 0) is 4.79 Å². The minimum absolute atomic E-state index is 0.0463. The fourth-order valence-corrected chi connectivity index (χ4v) is 1.57. The maximum atomic E-state index is 12.1. The smallest absolute Gasteiger partial charge is 0.231 e. The second kappa shape index (κ2) is 6.57. The van der Waals surface area contributed by atoms with Crippen LogP contribution in [-0.4, -0.2) is 18.6 Å². The van der Waals surface area contributed by atoms with Crippen molar-refractivity contribution in [1.29, 1.82) is 0 Å². The highest BCUT2D eigenvalue weighted by atomic mass is 16.5. The van der Waals surface area contributed by atoms with Crippen molar-refractivity contribution in [1.82, 2.24) is 0 Å². The van der Waals surface area contributed by atoms with Crippen molar-refractivity contribution in [3.63, 3.8) is 0 Å². The first-order chi connectivity index (χ1) is 8.91. The van der Waals surface area contributed by atoms with Crippen LogP contribution in [0.15, 0.2) is 24.3 Å². The van der Waals surface area contributed by atoms with E-state index in [-0.39, 0.29) is 12.0 Å². The van der Waals surface area contributed by atoms with Gasteiger partial charge in [-0.15, -0.1) is 0 Å². The van der Waals surface area contributed by atoms with Gasteiger partial charge in [0.1, 0.15) is 5.75 Å². The van der Waals surface area contributed by atoms with Crippen molar-refractivity contribution in [2.24, 2.45) is 11.1 Å². The average Bonchev–Trinajstić information content (AvgIpc) is 2.39. The van der Waals surface area contributed by atoms with E-state index in [9.17, 15) is 4.79 Å².